The lowest BCUT2D eigenvalue weighted by Gasteiger charge is -2.45. The summed E-state index contributed by atoms with van der Waals surface area (Å²) in [5, 5.41) is 7.37. The number of nitrogens with zero attached hydrogens (tertiary/aromatic N) is 2. The molecular formula is C21H29F3N4OS. The van der Waals surface area contributed by atoms with Crippen molar-refractivity contribution in [3.8, 4) is 0 Å². The fourth-order valence-electron chi connectivity index (χ4n) is 4.27. The SMILES string of the molecule is CCNC(=S)N1CCC2(CC1)N[C@H](C(C)C)C(=O)N2Cc1cccc(C(F)(F)F)c1. The van der Waals surface area contributed by atoms with Gasteiger partial charge in [-0.15, -0.1) is 0 Å². The molecule has 30 heavy (non-hydrogen) atoms. The van der Waals surface area contributed by atoms with Crippen LogP contribution in [0.2, 0.25) is 0 Å². The smallest absolute Gasteiger partial charge is 0.363 e. The molecule has 2 heterocycles. The van der Waals surface area contributed by atoms with E-state index in [1.54, 1.807) is 11.0 Å². The predicted molar refractivity (Wildman–Crippen MR) is 114 cm³/mol. The lowest BCUT2D eigenvalue weighted by Crippen LogP contribution is -2.60. The van der Waals surface area contributed by atoms with Crippen LogP contribution in [0.25, 0.3) is 0 Å². The van der Waals surface area contributed by atoms with Gasteiger partial charge in [0.1, 0.15) is 0 Å². The zero-order valence-electron chi connectivity index (χ0n) is 17.6. The van der Waals surface area contributed by atoms with Gasteiger partial charge in [-0.25, -0.2) is 0 Å². The summed E-state index contributed by atoms with van der Waals surface area (Å²) in [5.41, 5.74) is -0.785. The van der Waals surface area contributed by atoms with Gasteiger partial charge in [0, 0.05) is 39.0 Å². The molecule has 0 unspecified atom stereocenters. The maximum absolute atomic E-state index is 13.2. The molecule has 0 saturated carbocycles. The standard InChI is InChI=1S/C21H29F3N4OS/c1-4-25-19(30)27-10-8-20(9-11-27)26-17(14(2)3)18(29)28(20)13-15-6-5-7-16(12-15)21(22,23)24/h5-7,12,14,17,26H,4,8-11,13H2,1-3H3,(H,25,30)/t17-/m1/s1. The molecule has 0 bridgehead atoms. The minimum atomic E-state index is -4.41. The summed E-state index contributed by atoms with van der Waals surface area (Å²) in [6.07, 6.45) is -3.09. The zero-order chi connectivity index (χ0) is 22.1. The number of carbonyl (C=O) groups is 1. The fraction of sp³-hybridized carbons (Fsp3) is 0.619. The van der Waals surface area contributed by atoms with Crippen LogP contribution in [0.1, 0.15) is 44.7 Å². The first-order valence-electron chi connectivity index (χ1n) is 10.4. The fourth-order valence-corrected chi connectivity index (χ4v) is 4.60. The molecule has 5 nitrogen and oxygen atoms in total. The first-order valence-corrected chi connectivity index (χ1v) is 10.8. The third-order valence-electron chi connectivity index (χ3n) is 5.94. The van der Waals surface area contributed by atoms with Crippen LogP contribution in [0.3, 0.4) is 0 Å². The zero-order valence-corrected chi connectivity index (χ0v) is 18.4. The largest absolute Gasteiger partial charge is 0.416 e. The second kappa shape index (κ2) is 8.70. The Bertz CT molecular complexity index is 791. The van der Waals surface area contributed by atoms with Crippen molar-refractivity contribution in [2.75, 3.05) is 19.6 Å². The molecule has 0 aromatic heterocycles. The van der Waals surface area contributed by atoms with E-state index < -0.39 is 17.4 Å². The van der Waals surface area contributed by atoms with Crippen LogP contribution in [-0.4, -0.2) is 52.2 Å². The van der Waals surface area contributed by atoms with E-state index in [0.29, 0.717) is 36.6 Å². The number of amides is 1. The number of piperidine rings is 1. The number of halogens is 3. The van der Waals surface area contributed by atoms with Crippen LogP contribution in [0.5, 0.6) is 0 Å². The molecule has 1 aromatic carbocycles. The Morgan fingerprint density at radius 3 is 2.57 bits per heavy atom. The second-order valence-corrected chi connectivity index (χ2v) is 8.73. The van der Waals surface area contributed by atoms with Gasteiger partial charge in [-0.3, -0.25) is 10.1 Å². The minimum Gasteiger partial charge on any atom is -0.363 e. The summed E-state index contributed by atoms with van der Waals surface area (Å²) in [5.74, 6) is 0.0341. The van der Waals surface area contributed by atoms with Crippen molar-refractivity contribution in [2.24, 2.45) is 5.92 Å². The predicted octanol–water partition coefficient (Wildman–Crippen LogP) is 3.35. The Balaban J connectivity index is 1.84. The van der Waals surface area contributed by atoms with Crippen LogP contribution in [0, 0.1) is 5.92 Å². The van der Waals surface area contributed by atoms with E-state index in [1.807, 2.05) is 20.8 Å². The van der Waals surface area contributed by atoms with Gasteiger partial charge in [0.2, 0.25) is 5.91 Å². The molecule has 1 aromatic rings. The normalized spacial score (nSPS) is 21.6. The summed E-state index contributed by atoms with van der Waals surface area (Å²) in [4.78, 5) is 17.0. The number of thiocarbonyl (C=S) groups is 1. The van der Waals surface area contributed by atoms with Crippen LogP contribution in [-0.2, 0) is 17.5 Å². The van der Waals surface area contributed by atoms with Gasteiger partial charge in [-0.05, 0) is 42.8 Å². The molecule has 9 heteroatoms. The highest BCUT2D eigenvalue weighted by Gasteiger charge is 2.52. The molecule has 0 radical (unpaired) electrons. The van der Waals surface area contributed by atoms with Crippen molar-refractivity contribution in [2.45, 2.75) is 58.0 Å². The van der Waals surface area contributed by atoms with E-state index in [2.05, 4.69) is 15.5 Å². The molecule has 2 aliphatic rings. The van der Waals surface area contributed by atoms with Gasteiger partial charge in [-0.1, -0.05) is 26.0 Å². The average molecular weight is 443 g/mol. The van der Waals surface area contributed by atoms with Gasteiger partial charge >= 0.3 is 6.18 Å². The third-order valence-corrected chi connectivity index (χ3v) is 6.34. The summed E-state index contributed by atoms with van der Waals surface area (Å²) in [6.45, 7) is 8.19. The van der Waals surface area contributed by atoms with E-state index >= 15 is 0 Å². The van der Waals surface area contributed by atoms with Crippen molar-refractivity contribution in [3.05, 3.63) is 35.4 Å². The van der Waals surface area contributed by atoms with Crippen molar-refractivity contribution in [3.63, 3.8) is 0 Å². The summed E-state index contributed by atoms with van der Waals surface area (Å²) < 4.78 is 39.4. The number of alkyl halides is 3. The Hall–Kier alpha value is -1.87. The van der Waals surface area contributed by atoms with Crippen molar-refractivity contribution in [1.29, 1.82) is 0 Å². The van der Waals surface area contributed by atoms with E-state index in [1.165, 1.54) is 6.07 Å². The number of nitrogens with one attached hydrogen (secondary N) is 2. The van der Waals surface area contributed by atoms with Crippen molar-refractivity contribution < 1.29 is 18.0 Å². The molecular weight excluding hydrogens is 413 g/mol. The number of benzene rings is 1. The van der Waals surface area contributed by atoms with Gasteiger partial charge in [0.15, 0.2) is 5.11 Å². The number of hydrogen-bond donors (Lipinski definition) is 2. The highest BCUT2D eigenvalue weighted by molar-refractivity contribution is 7.80. The number of carbonyl (C=O) groups excluding carboxylic acids is 1. The number of likely N-dealkylation sites (tertiary alicyclic amines) is 1. The van der Waals surface area contributed by atoms with Crippen LogP contribution in [0.4, 0.5) is 13.2 Å². The molecule has 1 spiro atoms. The van der Waals surface area contributed by atoms with Crippen LogP contribution < -0.4 is 10.6 Å². The Kier molecular flexibility index (Phi) is 6.62. The van der Waals surface area contributed by atoms with E-state index in [-0.39, 0.29) is 24.4 Å². The summed E-state index contributed by atoms with van der Waals surface area (Å²) in [7, 11) is 0. The Morgan fingerprint density at radius 1 is 1.33 bits per heavy atom. The van der Waals surface area contributed by atoms with Crippen molar-refractivity contribution in [1.82, 2.24) is 20.4 Å². The summed E-state index contributed by atoms with van der Waals surface area (Å²) in [6, 6.07) is 4.90. The van der Waals surface area contributed by atoms with E-state index in [9.17, 15) is 18.0 Å². The van der Waals surface area contributed by atoms with Gasteiger partial charge in [0.05, 0.1) is 17.3 Å². The topological polar surface area (TPSA) is 47.6 Å². The maximum Gasteiger partial charge on any atom is 0.416 e. The molecule has 3 rings (SSSR count). The van der Waals surface area contributed by atoms with E-state index in [4.69, 9.17) is 12.2 Å². The molecule has 2 N–H and O–H groups in total. The summed E-state index contributed by atoms with van der Waals surface area (Å²) >= 11 is 5.41. The Labute approximate surface area is 181 Å². The van der Waals surface area contributed by atoms with Crippen LogP contribution in [0.15, 0.2) is 24.3 Å². The van der Waals surface area contributed by atoms with E-state index in [0.717, 1.165) is 18.7 Å². The highest BCUT2D eigenvalue weighted by Crippen LogP contribution is 2.36. The van der Waals surface area contributed by atoms with Gasteiger partial charge < -0.3 is 15.1 Å². The molecule has 0 aliphatic carbocycles. The average Bonchev–Trinajstić information content (AvgIpc) is 2.95. The van der Waals surface area contributed by atoms with Gasteiger partial charge in [0.25, 0.3) is 0 Å². The Morgan fingerprint density at radius 2 is 2.00 bits per heavy atom. The minimum absolute atomic E-state index is 0.0508. The number of rotatable bonds is 4. The molecule has 166 valence electrons. The monoisotopic (exact) mass is 442 g/mol. The second-order valence-electron chi connectivity index (χ2n) is 8.34. The van der Waals surface area contributed by atoms with Gasteiger partial charge in [-0.2, -0.15) is 13.2 Å². The highest BCUT2D eigenvalue weighted by atomic mass is 32.1. The van der Waals surface area contributed by atoms with Crippen molar-refractivity contribution >= 4 is 23.2 Å². The lowest BCUT2D eigenvalue weighted by molar-refractivity contribution is -0.137. The molecule has 1 atom stereocenters. The maximum atomic E-state index is 13.2. The molecule has 2 aliphatic heterocycles. The third kappa shape index (κ3) is 4.56. The number of hydrogen-bond acceptors (Lipinski definition) is 3. The quantitative estimate of drug-likeness (QED) is 0.701. The first kappa shape index (κ1) is 22.8. The molecule has 2 fully saturated rings. The lowest BCUT2D eigenvalue weighted by atomic mass is 9.95. The molecule has 1 amide bonds. The first-order chi connectivity index (χ1) is 14.1. The molecule has 2 saturated heterocycles. The van der Waals surface area contributed by atoms with Crippen LogP contribution >= 0.6 is 12.2 Å².